The van der Waals surface area contributed by atoms with Crippen LogP contribution in [0.2, 0.25) is 0 Å². The first kappa shape index (κ1) is 23.6. The third-order valence-corrected chi connectivity index (χ3v) is 6.70. The lowest BCUT2D eigenvalue weighted by molar-refractivity contribution is -0.135. The largest absolute Gasteiger partial charge is 0.331 e. The second-order valence-electron chi connectivity index (χ2n) is 10.2. The van der Waals surface area contributed by atoms with Gasteiger partial charge in [0.1, 0.15) is 0 Å². The minimum absolute atomic E-state index is 0.148. The van der Waals surface area contributed by atoms with Crippen molar-refractivity contribution in [3.63, 3.8) is 0 Å². The zero-order chi connectivity index (χ0) is 22.3. The highest BCUT2D eigenvalue weighted by molar-refractivity contribution is 5.77. The first-order valence-corrected chi connectivity index (χ1v) is 12.4. The monoisotopic (exact) mass is 419 g/mol. The van der Waals surface area contributed by atoms with Gasteiger partial charge in [-0.15, -0.1) is 0 Å². The van der Waals surface area contributed by atoms with Crippen molar-refractivity contribution in [3.8, 4) is 0 Å². The van der Waals surface area contributed by atoms with E-state index in [0.717, 1.165) is 32.1 Å². The van der Waals surface area contributed by atoms with Crippen molar-refractivity contribution in [2.75, 3.05) is 0 Å². The minimum atomic E-state index is 0.148. The number of benzene rings is 2. The van der Waals surface area contributed by atoms with Crippen LogP contribution in [0.3, 0.4) is 0 Å². The van der Waals surface area contributed by atoms with E-state index in [4.69, 9.17) is 0 Å². The molecule has 168 valence electrons. The number of nitrogens with zero attached hydrogens (tertiary/aromatic N) is 1. The van der Waals surface area contributed by atoms with Crippen LogP contribution in [-0.2, 0) is 23.2 Å². The molecule has 2 nitrogen and oxygen atoms in total. The Morgan fingerprint density at radius 2 is 1.68 bits per heavy atom. The summed E-state index contributed by atoms with van der Waals surface area (Å²) in [6, 6.07) is 17.9. The molecule has 0 bridgehead atoms. The van der Waals surface area contributed by atoms with Crippen LogP contribution in [0.1, 0.15) is 107 Å². The van der Waals surface area contributed by atoms with E-state index >= 15 is 0 Å². The van der Waals surface area contributed by atoms with Crippen LogP contribution in [0.5, 0.6) is 0 Å². The summed E-state index contributed by atoms with van der Waals surface area (Å²) in [6.45, 7) is 9.68. The van der Waals surface area contributed by atoms with Crippen LogP contribution in [-0.4, -0.2) is 10.8 Å². The average Bonchev–Trinajstić information content (AvgIpc) is 2.76. The number of fused-ring (bicyclic) bond motifs is 1. The fraction of sp³-hybridized carbons (Fsp3) is 0.552. The fourth-order valence-corrected chi connectivity index (χ4v) is 4.75. The number of carbonyl (C=O) groups excluding carboxylic acids is 1. The second-order valence-corrected chi connectivity index (χ2v) is 10.2. The van der Waals surface area contributed by atoms with Crippen molar-refractivity contribution in [1.29, 1.82) is 0 Å². The van der Waals surface area contributed by atoms with Crippen LogP contribution >= 0.6 is 0 Å². The number of aryl methyl sites for hydroxylation is 1. The summed E-state index contributed by atoms with van der Waals surface area (Å²) in [5.74, 6) is 0.318. The molecule has 1 atom stereocenters. The first-order valence-electron chi connectivity index (χ1n) is 12.4. The van der Waals surface area contributed by atoms with Crippen molar-refractivity contribution in [2.45, 2.75) is 103 Å². The SMILES string of the molecule is CCCCCCCC(=O)N(Cc1ccc(C(C)(C)C)cc1)C1CCCc2ccccc21. The average molecular weight is 420 g/mol. The Labute approximate surface area is 190 Å². The molecule has 0 saturated carbocycles. The van der Waals surface area contributed by atoms with E-state index in [1.807, 2.05) is 0 Å². The topological polar surface area (TPSA) is 20.3 Å². The van der Waals surface area contributed by atoms with Gasteiger partial charge in [0.2, 0.25) is 5.91 Å². The Morgan fingerprint density at radius 3 is 2.39 bits per heavy atom. The molecule has 2 heteroatoms. The molecule has 2 aromatic carbocycles. The summed E-state index contributed by atoms with van der Waals surface area (Å²) >= 11 is 0. The lowest BCUT2D eigenvalue weighted by atomic mass is 9.85. The standard InChI is InChI=1S/C29H41NO/c1-5-6-7-8-9-17-28(31)30(22-23-18-20-25(21-19-23)29(2,3)4)27-16-12-14-24-13-10-11-15-26(24)27/h10-11,13,15,18-21,27H,5-9,12,14,16-17,22H2,1-4H3. The summed E-state index contributed by atoms with van der Waals surface area (Å²) in [5, 5.41) is 0. The van der Waals surface area contributed by atoms with Gasteiger partial charge in [-0.3, -0.25) is 4.79 Å². The molecular formula is C29H41NO. The first-order chi connectivity index (χ1) is 14.9. The molecule has 0 spiro atoms. The van der Waals surface area contributed by atoms with Crippen molar-refractivity contribution >= 4 is 5.91 Å². The third kappa shape index (κ3) is 6.45. The van der Waals surface area contributed by atoms with E-state index in [1.165, 1.54) is 41.5 Å². The van der Waals surface area contributed by atoms with Crippen molar-refractivity contribution < 1.29 is 4.79 Å². The number of hydrogen-bond donors (Lipinski definition) is 0. The molecule has 31 heavy (non-hydrogen) atoms. The minimum Gasteiger partial charge on any atom is -0.331 e. The van der Waals surface area contributed by atoms with Gasteiger partial charge in [0.05, 0.1) is 6.04 Å². The number of unbranched alkanes of at least 4 members (excludes halogenated alkanes) is 4. The van der Waals surface area contributed by atoms with E-state index in [1.54, 1.807) is 0 Å². The molecule has 0 saturated heterocycles. The van der Waals surface area contributed by atoms with Crippen LogP contribution in [0, 0.1) is 0 Å². The van der Waals surface area contributed by atoms with Crippen molar-refractivity contribution in [2.24, 2.45) is 0 Å². The van der Waals surface area contributed by atoms with Gasteiger partial charge >= 0.3 is 0 Å². The normalized spacial score (nSPS) is 16.1. The third-order valence-electron chi connectivity index (χ3n) is 6.70. The molecule has 1 amide bonds. The van der Waals surface area contributed by atoms with E-state index in [-0.39, 0.29) is 11.5 Å². The Bertz CT molecular complexity index is 831. The number of hydrogen-bond acceptors (Lipinski definition) is 1. The zero-order valence-corrected chi connectivity index (χ0v) is 20.1. The highest BCUT2D eigenvalue weighted by atomic mass is 16.2. The van der Waals surface area contributed by atoms with E-state index < -0.39 is 0 Å². The number of carbonyl (C=O) groups is 1. The van der Waals surface area contributed by atoms with E-state index in [2.05, 4.69) is 81.1 Å². The van der Waals surface area contributed by atoms with Gasteiger partial charge in [-0.25, -0.2) is 0 Å². The van der Waals surface area contributed by atoms with Gasteiger partial charge in [0.15, 0.2) is 0 Å². The molecule has 3 rings (SSSR count). The maximum atomic E-state index is 13.4. The van der Waals surface area contributed by atoms with E-state index in [0.29, 0.717) is 18.9 Å². The Morgan fingerprint density at radius 1 is 0.968 bits per heavy atom. The molecule has 0 radical (unpaired) electrons. The highest BCUT2D eigenvalue weighted by Crippen LogP contribution is 2.36. The number of rotatable bonds is 9. The maximum absolute atomic E-state index is 13.4. The highest BCUT2D eigenvalue weighted by Gasteiger charge is 2.29. The fourth-order valence-electron chi connectivity index (χ4n) is 4.75. The van der Waals surface area contributed by atoms with Gasteiger partial charge in [0, 0.05) is 13.0 Å². The van der Waals surface area contributed by atoms with Crippen LogP contribution < -0.4 is 0 Å². The lowest BCUT2D eigenvalue weighted by Gasteiger charge is -2.36. The van der Waals surface area contributed by atoms with Gasteiger partial charge < -0.3 is 4.90 Å². The zero-order valence-electron chi connectivity index (χ0n) is 20.1. The van der Waals surface area contributed by atoms with Gasteiger partial charge in [-0.1, -0.05) is 102 Å². The molecule has 1 aliphatic carbocycles. The summed E-state index contributed by atoms with van der Waals surface area (Å²) in [5.41, 5.74) is 5.50. The van der Waals surface area contributed by atoms with Gasteiger partial charge in [-0.05, 0) is 53.4 Å². The predicted molar refractivity (Wildman–Crippen MR) is 131 cm³/mol. The van der Waals surface area contributed by atoms with Crippen LogP contribution in [0.25, 0.3) is 0 Å². The molecule has 1 unspecified atom stereocenters. The molecule has 1 aliphatic rings. The lowest BCUT2D eigenvalue weighted by Crippen LogP contribution is -2.36. The molecule has 0 N–H and O–H groups in total. The van der Waals surface area contributed by atoms with Crippen LogP contribution in [0.4, 0.5) is 0 Å². The maximum Gasteiger partial charge on any atom is 0.223 e. The smallest absolute Gasteiger partial charge is 0.223 e. The summed E-state index contributed by atoms with van der Waals surface area (Å²) in [7, 11) is 0. The number of amides is 1. The molecule has 0 aromatic heterocycles. The Balaban J connectivity index is 1.79. The van der Waals surface area contributed by atoms with Crippen molar-refractivity contribution in [3.05, 3.63) is 70.8 Å². The molecule has 0 fully saturated rings. The summed E-state index contributed by atoms with van der Waals surface area (Å²) in [4.78, 5) is 15.6. The van der Waals surface area contributed by atoms with Gasteiger partial charge in [-0.2, -0.15) is 0 Å². The van der Waals surface area contributed by atoms with E-state index in [9.17, 15) is 4.79 Å². The second kappa shape index (κ2) is 11.0. The quantitative estimate of drug-likeness (QED) is 0.380. The molecular weight excluding hydrogens is 378 g/mol. The van der Waals surface area contributed by atoms with Crippen molar-refractivity contribution in [1.82, 2.24) is 4.90 Å². The Hall–Kier alpha value is -2.09. The molecule has 2 aromatic rings. The molecule has 0 heterocycles. The van der Waals surface area contributed by atoms with Gasteiger partial charge in [0.25, 0.3) is 0 Å². The molecule has 0 aliphatic heterocycles. The van der Waals surface area contributed by atoms with Crippen LogP contribution in [0.15, 0.2) is 48.5 Å². The Kier molecular flexibility index (Phi) is 8.35. The predicted octanol–water partition coefficient (Wildman–Crippen LogP) is 7.75. The summed E-state index contributed by atoms with van der Waals surface area (Å²) < 4.78 is 0. The summed E-state index contributed by atoms with van der Waals surface area (Å²) in [6.07, 6.45) is 9.95.